The molecule has 0 saturated carbocycles. The summed E-state index contributed by atoms with van der Waals surface area (Å²) in [7, 11) is 0. The van der Waals surface area contributed by atoms with Gasteiger partial charge in [-0.25, -0.2) is 4.68 Å². The van der Waals surface area contributed by atoms with Crippen molar-refractivity contribution < 1.29 is 19.4 Å². The SMILES string of the molecule is CCCOC(=O)Cn1nnnc1SC(=O)N(Cc1ccccc1)c1cccc2c(O)ccc(SC)c12. The lowest BCUT2D eigenvalue weighted by atomic mass is 10.1. The minimum atomic E-state index is -0.478. The lowest BCUT2D eigenvalue weighted by Gasteiger charge is -2.25. The summed E-state index contributed by atoms with van der Waals surface area (Å²) in [6.45, 7) is 2.30. The first-order valence-electron chi connectivity index (χ1n) is 11.3. The number of rotatable bonds is 9. The summed E-state index contributed by atoms with van der Waals surface area (Å²) in [4.78, 5) is 28.4. The molecule has 0 aliphatic carbocycles. The number of benzene rings is 3. The second-order valence-corrected chi connectivity index (χ2v) is 9.53. The fourth-order valence-corrected chi connectivity index (χ4v) is 4.97. The van der Waals surface area contributed by atoms with Gasteiger partial charge in [-0.3, -0.25) is 14.5 Å². The maximum atomic E-state index is 13.7. The summed E-state index contributed by atoms with van der Waals surface area (Å²) in [5.41, 5.74) is 1.58. The van der Waals surface area contributed by atoms with Gasteiger partial charge >= 0.3 is 5.97 Å². The van der Waals surface area contributed by atoms with Crippen molar-refractivity contribution >= 4 is 51.2 Å². The highest BCUT2D eigenvalue weighted by Crippen LogP contribution is 2.40. The molecule has 1 N–H and O–H groups in total. The number of phenols is 1. The van der Waals surface area contributed by atoms with E-state index < -0.39 is 5.97 Å². The first-order valence-corrected chi connectivity index (χ1v) is 13.3. The molecular formula is C25H25N5O4S2. The van der Waals surface area contributed by atoms with Gasteiger partial charge in [-0.05, 0) is 46.9 Å². The number of nitrogens with zero attached hydrogens (tertiary/aromatic N) is 5. The number of phenolic OH excluding ortho intramolecular Hbond substituents is 1. The van der Waals surface area contributed by atoms with E-state index in [4.69, 9.17) is 4.74 Å². The van der Waals surface area contributed by atoms with Gasteiger partial charge in [0.2, 0.25) is 5.16 Å². The molecule has 1 aromatic heterocycles. The predicted octanol–water partition coefficient (Wildman–Crippen LogP) is 5.13. The van der Waals surface area contributed by atoms with Crippen molar-refractivity contribution in [2.24, 2.45) is 0 Å². The third-order valence-electron chi connectivity index (χ3n) is 5.30. The van der Waals surface area contributed by atoms with Gasteiger partial charge in [0.1, 0.15) is 12.3 Å². The average Bonchev–Trinajstić information content (AvgIpc) is 3.32. The first kappa shape index (κ1) is 25.5. The van der Waals surface area contributed by atoms with Gasteiger partial charge in [-0.1, -0.05) is 49.4 Å². The fraction of sp³-hybridized carbons (Fsp3) is 0.240. The van der Waals surface area contributed by atoms with Crippen LogP contribution in [0.25, 0.3) is 10.8 Å². The molecule has 0 bridgehead atoms. The van der Waals surface area contributed by atoms with Crippen LogP contribution in [0.15, 0.2) is 70.7 Å². The molecule has 4 aromatic rings. The molecule has 0 spiro atoms. The number of carbonyl (C=O) groups is 2. The minimum Gasteiger partial charge on any atom is -0.507 e. The number of tetrazole rings is 1. The fourth-order valence-electron chi connectivity index (χ4n) is 3.64. The number of hydrogen-bond acceptors (Lipinski definition) is 9. The Labute approximate surface area is 216 Å². The van der Waals surface area contributed by atoms with Crippen molar-refractivity contribution in [3.63, 3.8) is 0 Å². The Morgan fingerprint density at radius 2 is 1.89 bits per heavy atom. The highest BCUT2D eigenvalue weighted by atomic mass is 32.2. The van der Waals surface area contributed by atoms with Gasteiger partial charge < -0.3 is 9.84 Å². The summed E-state index contributed by atoms with van der Waals surface area (Å²) in [5.74, 6) is -0.340. The van der Waals surface area contributed by atoms with Crippen LogP contribution >= 0.6 is 23.5 Å². The maximum absolute atomic E-state index is 13.7. The number of esters is 1. The number of thioether (sulfide) groups is 2. The molecule has 186 valence electrons. The van der Waals surface area contributed by atoms with Crippen molar-refractivity contribution in [2.45, 2.75) is 36.5 Å². The monoisotopic (exact) mass is 523 g/mol. The molecule has 1 heterocycles. The quantitative estimate of drug-likeness (QED) is 0.236. The number of aromatic nitrogens is 4. The van der Waals surface area contributed by atoms with Crippen molar-refractivity contribution in [2.75, 3.05) is 17.8 Å². The Balaban J connectivity index is 1.71. The summed E-state index contributed by atoms with van der Waals surface area (Å²) in [6, 6.07) is 18.6. The van der Waals surface area contributed by atoms with Crippen LogP contribution in [-0.2, 0) is 22.6 Å². The molecule has 0 aliphatic heterocycles. The van der Waals surface area contributed by atoms with E-state index in [0.29, 0.717) is 24.1 Å². The van der Waals surface area contributed by atoms with Gasteiger partial charge in [0.05, 0.1) is 18.8 Å². The smallest absolute Gasteiger partial charge is 0.327 e. The molecule has 0 saturated heterocycles. The van der Waals surface area contributed by atoms with Crippen molar-refractivity contribution in [1.82, 2.24) is 20.2 Å². The van der Waals surface area contributed by atoms with E-state index in [-0.39, 0.29) is 29.2 Å². The largest absolute Gasteiger partial charge is 0.507 e. The van der Waals surface area contributed by atoms with Crippen LogP contribution in [0.2, 0.25) is 0 Å². The van der Waals surface area contributed by atoms with Crippen LogP contribution in [0.1, 0.15) is 18.9 Å². The second kappa shape index (κ2) is 11.9. The van der Waals surface area contributed by atoms with E-state index in [1.165, 1.54) is 16.4 Å². The van der Waals surface area contributed by atoms with Crippen LogP contribution < -0.4 is 4.90 Å². The van der Waals surface area contributed by atoms with E-state index >= 15 is 0 Å². The van der Waals surface area contributed by atoms with Crippen LogP contribution in [0.3, 0.4) is 0 Å². The summed E-state index contributed by atoms with van der Waals surface area (Å²) in [5, 5.41) is 23.2. The Kier molecular flexibility index (Phi) is 8.44. The van der Waals surface area contributed by atoms with E-state index in [0.717, 1.165) is 27.6 Å². The minimum absolute atomic E-state index is 0.138. The van der Waals surface area contributed by atoms with E-state index in [9.17, 15) is 14.7 Å². The van der Waals surface area contributed by atoms with Crippen LogP contribution in [0.4, 0.5) is 10.5 Å². The zero-order valence-electron chi connectivity index (χ0n) is 19.8. The van der Waals surface area contributed by atoms with Gasteiger partial charge in [0.15, 0.2) is 0 Å². The Morgan fingerprint density at radius 1 is 1.08 bits per heavy atom. The second-order valence-electron chi connectivity index (χ2n) is 7.77. The zero-order chi connectivity index (χ0) is 25.5. The summed E-state index contributed by atoms with van der Waals surface area (Å²) >= 11 is 2.36. The Hall–Kier alpha value is -3.57. The standard InChI is InChI=1S/C25H25N5O4S2/c1-3-14-34-22(32)16-30-24(26-27-28-30)36-25(33)29(15-17-8-5-4-6-9-17)19-11-7-10-18-20(31)12-13-21(35-2)23(18)19/h4-13,31H,3,14-16H2,1-2H3. The molecule has 4 rings (SSSR count). The van der Waals surface area contributed by atoms with Gasteiger partial charge in [-0.2, -0.15) is 0 Å². The third kappa shape index (κ3) is 5.80. The number of amides is 1. The number of ether oxygens (including phenoxy) is 1. The van der Waals surface area contributed by atoms with Crippen molar-refractivity contribution in [3.8, 4) is 5.75 Å². The van der Waals surface area contributed by atoms with E-state index in [1.807, 2.05) is 67.8 Å². The molecule has 0 unspecified atom stereocenters. The summed E-state index contributed by atoms with van der Waals surface area (Å²) in [6.07, 6.45) is 2.65. The normalized spacial score (nSPS) is 10.9. The van der Waals surface area contributed by atoms with Crippen LogP contribution in [0.5, 0.6) is 5.75 Å². The van der Waals surface area contributed by atoms with Crippen LogP contribution in [-0.4, -0.2) is 49.4 Å². The molecule has 3 aromatic carbocycles. The molecule has 11 heteroatoms. The Morgan fingerprint density at radius 3 is 2.64 bits per heavy atom. The van der Waals surface area contributed by atoms with Crippen molar-refractivity contribution in [3.05, 3.63) is 66.2 Å². The number of aromatic hydroxyl groups is 1. The number of carbonyl (C=O) groups excluding carboxylic acids is 2. The zero-order valence-corrected chi connectivity index (χ0v) is 21.5. The molecular weight excluding hydrogens is 498 g/mol. The van der Waals surface area contributed by atoms with Gasteiger partial charge in [0.25, 0.3) is 5.24 Å². The van der Waals surface area contributed by atoms with Gasteiger partial charge in [-0.15, -0.1) is 16.9 Å². The molecule has 0 radical (unpaired) electrons. The summed E-state index contributed by atoms with van der Waals surface area (Å²) < 4.78 is 6.37. The predicted molar refractivity (Wildman–Crippen MR) is 140 cm³/mol. The van der Waals surface area contributed by atoms with E-state index in [1.54, 1.807) is 11.0 Å². The lowest BCUT2D eigenvalue weighted by Crippen LogP contribution is -2.27. The molecule has 9 nitrogen and oxygen atoms in total. The molecule has 0 atom stereocenters. The highest BCUT2D eigenvalue weighted by molar-refractivity contribution is 8.13. The number of anilines is 1. The average molecular weight is 524 g/mol. The highest BCUT2D eigenvalue weighted by Gasteiger charge is 2.25. The third-order valence-corrected chi connectivity index (χ3v) is 6.95. The molecule has 0 fully saturated rings. The van der Waals surface area contributed by atoms with Crippen molar-refractivity contribution in [1.29, 1.82) is 0 Å². The Bertz CT molecular complexity index is 1360. The molecule has 36 heavy (non-hydrogen) atoms. The molecule has 1 amide bonds. The topological polar surface area (TPSA) is 110 Å². The first-order chi connectivity index (χ1) is 17.5. The molecule has 0 aliphatic rings. The lowest BCUT2D eigenvalue weighted by molar-refractivity contribution is -0.144. The number of hydrogen-bond donors (Lipinski definition) is 1. The van der Waals surface area contributed by atoms with Crippen LogP contribution in [0, 0.1) is 0 Å². The van der Waals surface area contributed by atoms with Gasteiger partial charge in [0, 0.05) is 27.4 Å². The number of fused-ring (bicyclic) bond motifs is 1. The van der Waals surface area contributed by atoms with E-state index in [2.05, 4.69) is 15.5 Å². The maximum Gasteiger partial charge on any atom is 0.327 e.